The van der Waals surface area contributed by atoms with Crippen LogP contribution in [0, 0.1) is 5.92 Å². The van der Waals surface area contributed by atoms with Gasteiger partial charge in [0, 0.05) is 18.5 Å². The average Bonchev–Trinajstić information content (AvgIpc) is 2.95. The first-order valence-electron chi connectivity index (χ1n) is 7.73. The average molecular weight is 285 g/mol. The number of benzene rings is 1. The predicted octanol–water partition coefficient (Wildman–Crippen LogP) is 2.41. The molecule has 2 heterocycles. The fourth-order valence-electron chi connectivity index (χ4n) is 2.97. The molecule has 2 aromatic rings. The van der Waals surface area contributed by atoms with Crippen molar-refractivity contribution in [2.75, 3.05) is 26.2 Å². The zero-order valence-corrected chi connectivity index (χ0v) is 12.6. The lowest BCUT2D eigenvalue weighted by Gasteiger charge is -2.15. The van der Waals surface area contributed by atoms with Crippen molar-refractivity contribution in [2.45, 2.75) is 19.9 Å². The van der Waals surface area contributed by atoms with Crippen LogP contribution in [0.15, 0.2) is 30.3 Å². The minimum atomic E-state index is 0.652. The fraction of sp³-hybridized carbons (Fsp3) is 0.471. The maximum atomic E-state index is 5.75. The van der Waals surface area contributed by atoms with Crippen LogP contribution >= 0.6 is 0 Å². The molecule has 0 bridgehead atoms. The van der Waals surface area contributed by atoms with E-state index in [0.29, 0.717) is 12.5 Å². The number of nitrogens with two attached hydrogens (primary N) is 1. The van der Waals surface area contributed by atoms with E-state index in [-0.39, 0.29) is 0 Å². The Hall–Kier alpha value is -1.65. The van der Waals surface area contributed by atoms with Gasteiger partial charge < -0.3 is 10.5 Å². The largest absolute Gasteiger partial charge is 0.494 e. The second-order valence-electron chi connectivity index (χ2n) is 5.72. The summed E-state index contributed by atoms with van der Waals surface area (Å²) < 4.78 is 5.53. The number of fused-ring (bicyclic) bond motifs is 1. The van der Waals surface area contributed by atoms with E-state index in [4.69, 9.17) is 15.5 Å². The van der Waals surface area contributed by atoms with Crippen molar-refractivity contribution >= 4 is 10.9 Å². The maximum absolute atomic E-state index is 5.75. The predicted molar refractivity (Wildman–Crippen MR) is 85.4 cm³/mol. The summed E-state index contributed by atoms with van der Waals surface area (Å²) in [6.45, 7) is 6.62. The Labute approximate surface area is 125 Å². The smallest absolute Gasteiger partial charge is 0.120 e. The van der Waals surface area contributed by atoms with Crippen molar-refractivity contribution in [1.29, 1.82) is 0 Å². The molecule has 1 atom stereocenters. The molecule has 2 N–H and O–H groups in total. The van der Waals surface area contributed by atoms with Gasteiger partial charge in [-0.1, -0.05) is 6.07 Å². The highest BCUT2D eigenvalue weighted by molar-refractivity contribution is 5.80. The molecule has 1 saturated heterocycles. The monoisotopic (exact) mass is 285 g/mol. The minimum absolute atomic E-state index is 0.652. The van der Waals surface area contributed by atoms with Crippen LogP contribution in [-0.2, 0) is 6.54 Å². The SMILES string of the molecule is CCOc1ccc2nc(CN3CCC(CN)C3)ccc2c1. The van der Waals surface area contributed by atoms with Gasteiger partial charge >= 0.3 is 0 Å². The van der Waals surface area contributed by atoms with Crippen LogP contribution in [0.4, 0.5) is 0 Å². The van der Waals surface area contributed by atoms with Gasteiger partial charge in [-0.3, -0.25) is 9.88 Å². The quantitative estimate of drug-likeness (QED) is 0.916. The van der Waals surface area contributed by atoms with Crippen LogP contribution in [0.2, 0.25) is 0 Å². The van der Waals surface area contributed by atoms with Crippen LogP contribution in [0.25, 0.3) is 10.9 Å². The lowest BCUT2D eigenvalue weighted by molar-refractivity contribution is 0.314. The first-order valence-corrected chi connectivity index (χ1v) is 7.73. The van der Waals surface area contributed by atoms with E-state index in [0.717, 1.165) is 48.5 Å². The third-order valence-corrected chi connectivity index (χ3v) is 4.12. The zero-order chi connectivity index (χ0) is 14.7. The highest BCUT2D eigenvalue weighted by atomic mass is 16.5. The van der Waals surface area contributed by atoms with Gasteiger partial charge in [-0.05, 0) is 56.6 Å². The Bertz CT molecular complexity index is 614. The molecule has 0 radical (unpaired) electrons. The molecule has 1 aromatic heterocycles. The molecule has 1 aliphatic heterocycles. The molecule has 112 valence electrons. The summed E-state index contributed by atoms with van der Waals surface area (Å²) in [6, 6.07) is 10.3. The van der Waals surface area contributed by atoms with E-state index in [1.807, 2.05) is 19.1 Å². The summed E-state index contributed by atoms with van der Waals surface area (Å²) in [5.41, 5.74) is 7.91. The van der Waals surface area contributed by atoms with Crippen molar-refractivity contribution < 1.29 is 4.74 Å². The number of hydrogen-bond acceptors (Lipinski definition) is 4. The Morgan fingerprint density at radius 1 is 1.33 bits per heavy atom. The van der Waals surface area contributed by atoms with Gasteiger partial charge in [-0.15, -0.1) is 0 Å². The summed E-state index contributed by atoms with van der Waals surface area (Å²) in [6.07, 6.45) is 1.21. The van der Waals surface area contributed by atoms with Gasteiger partial charge in [-0.2, -0.15) is 0 Å². The second-order valence-corrected chi connectivity index (χ2v) is 5.72. The normalized spacial score (nSPS) is 19.2. The Morgan fingerprint density at radius 3 is 3.00 bits per heavy atom. The number of rotatable bonds is 5. The summed E-state index contributed by atoms with van der Waals surface area (Å²) in [5.74, 6) is 1.56. The summed E-state index contributed by atoms with van der Waals surface area (Å²) >= 11 is 0. The van der Waals surface area contributed by atoms with Gasteiger partial charge in [0.05, 0.1) is 17.8 Å². The molecule has 3 rings (SSSR count). The molecule has 0 amide bonds. The molecule has 4 heteroatoms. The lowest BCUT2D eigenvalue weighted by Crippen LogP contribution is -2.23. The van der Waals surface area contributed by atoms with Gasteiger partial charge in [-0.25, -0.2) is 0 Å². The molecule has 1 aliphatic rings. The van der Waals surface area contributed by atoms with Crippen LogP contribution in [0.5, 0.6) is 5.75 Å². The number of likely N-dealkylation sites (tertiary alicyclic amines) is 1. The standard InChI is InChI=1S/C17H23N3O/c1-2-21-16-5-6-17-14(9-16)3-4-15(19-17)12-20-8-7-13(10-18)11-20/h3-6,9,13H,2,7-8,10-12,18H2,1H3. The third-order valence-electron chi connectivity index (χ3n) is 4.12. The van der Waals surface area contributed by atoms with Crippen LogP contribution in [-0.4, -0.2) is 36.1 Å². The first-order chi connectivity index (χ1) is 10.3. The number of nitrogens with zero attached hydrogens (tertiary/aromatic N) is 2. The van der Waals surface area contributed by atoms with Crippen molar-refractivity contribution in [3.8, 4) is 5.75 Å². The Balaban J connectivity index is 1.74. The fourth-order valence-corrected chi connectivity index (χ4v) is 2.97. The third kappa shape index (κ3) is 3.34. The molecular weight excluding hydrogens is 262 g/mol. The van der Waals surface area contributed by atoms with E-state index in [1.54, 1.807) is 0 Å². The summed E-state index contributed by atoms with van der Waals surface area (Å²) in [4.78, 5) is 7.21. The molecule has 4 nitrogen and oxygen atoms in total. The van der Waals surface area contributed by atoms with Crippen molar-refractivity contribution in [1.82, 2.24) is 9.88 Å². The second kappa shape index (κ2) is 6.41. The van der Waals surface area contributed by atoms with E-state index >= 15 is 0 Å². The van der Waals surface area contributed by atoms with E-state index in [9.17, 15) is 0 Å². The topological polar surface area (TPSA) is 51.4 Å². The van der Waals surface area contributed by atoms with Crippen LogP contribution < -0.4 is 10.5 Å². The van der Waals surface area contributed by atoms with E-state index in [1.165, 1.54) is 6.42 Å². The minimum Gasteiger partial charge on any atom is -0.494 e. The molecule has 21 heavy (non-hydrogen) atoms. The number of pyridine rings is 1. The van der Waals surface area contributed by atoms with Crippen LogP contribution in [0.3, 0.4) is 0 Å². The highest BCUT2D eigenvalue weighted by Gasteiger charge is 2.21. The molecule has 0 spiro atoms. The van der Waals surface area contributed by atoms with E-state index in [2.05, 4.69) is 23.1 Å². The summed E-state index contributed by atoms with van der Waals surface area (Å²) in [7, 11) is 0. The number of aromatic nitrogens is 1. The van der Waals surface area contributed by atoms with Crippen LogP contribution in [0.1, 0.15) is 19.0 Å². The van der Waals surface area contributed by atoms with Crippen molar-refractivity contribution in [2.24, 2.45) is 11.7 Å². The molecular formula is C17H23N3O. The molecule has 1 aromatic carbocycles. The Morgan fingerprint density at radius 2 is 2.24 bits per heavy atom. The lowest BCUT2D eigenvalue weighted by atomic mass is 10.1. The summed E-state index contributed by atoms with van der Waals surface area (Å²) in [5, 5.41) is 1.13. The van der Waals surface area contributed by atoms with E-state index < -0.39 is 0 Å². The zero-order valence-electron chi connectivity index (χ0n) is 12.6. The van der Waals surface area contributed by atoms with Gasteiger partial charge in [0.2, 0.25) is 0 Å². The van der Waals surface area contributed by atoms with Crippen molar-refractivity contribution in [3.63, 3.8) is 0 Å². The van der Waals surface area contributed by atoms with Gasteiger partial charge in [0.25, 0.3) is 0 Å². The highest BCUT2D eigenvalue weighted by Crippen LogP contribution is 2.22. The number of ether oxygens (including phenoxy) is 1. The Kier molecular flexibility index (Phi) is 4.36. The molecule has 0 aliphatic carbocycles. The van der Waals surface area contributed by atoms with Crippen molar-refractivity contribution in [3.05, 3.63) is 36.0 Å². The molecule has 0 saturated carbocycles. The van der Waals surface area contributed by atoms with Gasteiger partial charge in [0.1, 0.15) is 5.75 Å². The molecule has 1 fully saturated rings. The number of hydrogen-bond donors (Lipinski definition) is 1. The maximum Gasteiger partial charge on any atom is 0.120 e. The first kappa shape index (κ1) is 14.3. The molecule has 1 unspecified atom stereocenters. The van der Waals surface area contributed by atoms with Gasteiger partial charge in [0.15, 0.2) is 0 Å².